The summed E-state index contributed by atoms with van der Waals surface area (Å²) in [6, 6.07) is 0. The van der Waals surface area contributed by atoms with Gasteiger partial charge in [-0.3, -0.25) is 0 Å². The molecule has 0 unspecified atom stereocenters. The molecular formula is C7H10N10. The van der Waals surface area contributed by atoms with Gasteiger partial charge in [-0.1, -0.05) is 0 Å². The minimum atomic E-state index is -0.135. The van der Waals surface area contributed by atoms with Crippen LogP contribution in [0.3, 0.4) is 0 Å². The SMILES string of the molecule is NC(N)=Nc1ncc2[nH]c(N=C(N)N)nc2n1. The molecule has 0 radical (unpaired) electrons. The number of hydrogen-bond donors (Lipinski definition) is 5. The Hall–Kier alpha value is -2.91. The number of imidazole rings is 1. The minimum Gasteiger partial charge on any atom is -0.370 e. The summed E-state index contributed by atoms with van der Waals surface area (Å²) in [5, 5.41) is 0. The van der Waals surface area contributed by atoms with Crippen LogP contribution in [0.1, 0.15) is 0 Å². The number of aromatic amines is 1. The van der Waals surface area contributed by atoms with Crippen molar-refractivity contribution < 1.29 is 0 Å². The van der Waals surface area contributed by atoms with Crippen molar-refractivity contribution in [3.05, 3.63) is 6.20 Å². The van der Waals surface area contributed by atoms with Crippen LogP contribution in [0, 0.1) is 0 Å². The van der Waals surface area contributed by atoms with E-state index in [1.807, 2.05) is 0 Å². The second-order valence-electron chi connectivity index (χ2n) is 3.04. The average Bonchev–Trinajstić information content (AvgIpc) is 2.56. The Morgan fingerprint density at radius 3 is 2.41 bits per heavy atom. The molecule has 0 aliphatic heterocycles. The third-order valence-corrected chi connectivity index (χ3v) is 1.68. The maximum atomic E-state index is 5.22. The number of guanidine groups is 2. The van der Waals surface area contributed by atoms with Gasteiger partial charge in [0.25, 0.3) is 5.95 Å². The first kappa shape index (κ1) is 10.6. The van der Waals surface area contributed by atoms with Gasteiger partial charge < -0.3 is 27.9 Å². The molecule has 0 spiro atoms. The molecule has 0 aliphatic rings. The van der Waals surface area contributed by atoms with Gasteiger partial charge in [0.15, 0.2) is 17.6 Å². The Kier molecular flexibility index (Phi) is 2.45. The fraction of sp³-hybridized carbons (Fsp3) is 0. The average molecular weight is 234 g/mol. The molecular weight excluding hydrogens is 224 g/mol. The molecule has 0 bridgehead atoms. The number of nitrogens with two attached hydrogens (primary N) is 4. The third kappa shape index (κ3) is 2.37. The van der Waals surface area contributed by atoms with Crippen molar-refractivity contribution in [1.82, 2.24) is 19.9 Å². The minimum absolute atomic E-state index is 0.110. The Balaban J connectivity index is 2.48. The van der Waals surface area contributed by atoms with E-state index in [-0.39, 0.29) is 23.8 Å². The topological polar surface area (TPSA) is 183 Å². The van der Waals surface area contributed by atoms with E-state index in [1.165, 1.54) is 6.20 Å². The van der Waals surface area contributed by atoms with Crippen LogP contribution >= 0.6 is 0 Å². The zero-order valence-corrected chi connectivity index (χ0v) is 8.62. The molecule has 2 heterocycles. The highest BCUT2D eigenvalue weighted by Gasteiger charge is 2.05. The number of H-pyrrole nitrogens is 1. The number of nitrogens with zero attached hydrogens (tertiary/aromatic N) is 5. The summed E-state index contributed by atoms with van der Waals surface area (Å²) < 4.78 is 0. The van der Waals surface area contributed by atoms with E-state index in [9.17, 15) is 0 Å². The van der Waals surface area contributed by atoms with E-state index in [0.717, 1.165) is 0 Å². The zero-order chi connectivity index (χ0) is 12.4. The van der Waals surface area contributed by atoms with Crippen molar-refractivity contribution in [3.8, 4) is 0 Å². The van der Waals surface area contributed by atoms with Crippen LogP contribution in [0.15, 0.2) is 16.2 Å². The number of rotatable bonds is 2. The molecule has 2 aromatic heterocycles. The van der Waals surface area contributed by atoms with Crippen molar-refractivity contribution in [2.24, 2.45) is 32.9 Å². The van der Waals surface area contributed by atoms with Gasteiger partial charge in [0.05, 0.1) is 6.20 Å². The lowest BCUT2D eigenvalue weighted by atomic mass is 10.6. The van der Waals surface area contributed by atoms with Crippen molar-refractivity contribution in [3.63, 3.8) is 0 Å². The summed E-state index contributed by atoms with van der Waals surface area (Å²) in [5.41, 5.74) is 21.8. The Labute approximate surface area is 94.9 Å². The molecule has 0 amide bonds. The van der Waals surface area contributed by atoms with Crippen LogP contribution in [0.5, 0.6) is 0 Å². The van der Waals surface area contributed by atoms with E-state index in [0.29, 0.717) is 11.2 Å². The number of fused-ring (bicyclic) bond motifs is 1. The lowest BCUT2D eigenvalue weighted by molar-refractivity contribution is 1.15. The van der Waals surface area contributed by atoms with Crippen molar-refractivity contribution in [2.75, 3.05) is 0 Å². The standard InChI is InChI=1S/C7H10N10/c8-4(9)16-6-12-1-2-3(14-6)15-7(13-2)17-5(10)11/h1H,(H9,8,9,10,11,12,13,14,15,16,17). The molecule has 2 rings (SSSR count). The quantitative estimate of drug-likeness (QED) is 0.298. The summed E-state index contributed by atoms with van der Waals surface area (Å²) in [5.74, 6) is 0.0993. The first-order chi connectivity index (χ1) is 8.04. The predicted molar refractivity (Wildman–Crippen MR) is 62.6 cm³/mol. The van der Waals surface area contributed by atoms with E-state index >= 15 is 0 Å². The van der Waals surface area contributed by atoms with Gasteiger partial charge in [-0.2, -0.15) is 20.0 Å². The van der Waals surface area contributed by atoms with Gasteiger partial charge in [-0.25, -0.2) is 4.98 Å². The zero-order valence-electron chi connectivity index (χ0n) is 8.62. The van der Waals surface area contributed by atoms with Crippen LogP contribution in [-0.4, -0.2) is 31.9 Å². The Morgan fingerprint density at radius 2 is 1.76 bits per heavy atom. The highest BCUT2D eigenvalue weighted by atomic mass is 15.2. The summed E-state index contributed by atoms with van der Waals surface area (Å²) in [7, 11) is 0. The number of aromatic nitrogens is 4. The first-order valence-electron chi connectivity index (χ1n) is 4.46. The van der Waals surface area contributed by atoms with Crippen LogP contribution in [0.4, 0.5) is 11.9 Å². The molecule has 0 atom stereocenters. The summed E-state index contributed by atoms with van der Waals surface area (Å²) >= 11 is 0. The van der Waals surface area contributed by atoms with E-state index < -0.39 is 0 Å². The van der Waals surface area contributed by atoms with Crippen LogP contribution in [0.25, 0.3) is 11.2 Å². The third-order valence-electron chi connectivity index (χ3n) is 1.68. The van der Waals surface area contributed by atoms with Gasteiger partial charge in [-0.15, -0.1) is 0 Å². The molecule has 88 valence electrons. The highest BCUT2D eigenvalue weighted by Crippen LogP contribution is 2.15. The van der Waals surface area contributed by atoms with Crippen LogP contribution in [-0.2, 0) is 0 Å². The summed E-state index contributed by atoms with van der Waals surface area (Å²) in [6.07, 6.45) is 1.48. The van der Waals surface area contributed by atoms with E-state index in [2.05, 4.69) is 29.9 Å². The largest absolute Gasteiger partial charge is 0.370 e. The van der Waals surface area contributed by atoms with Gasteiger partial charge in [0.2, 0.25) is 5.95 Å². The molecule has 0 saturated carbocycles. The monoisotopic (exact) mass is 234 g/mol. The molecule has 10 nitrogen and oxygen atoms in total. The lowest BCUT2D eigenvalue weighted by Crippen LogP contribution is -2.22. The maximum Gasteiger partial charge on any atom is 0.254 e. The highest BCUT2D eigenvalue weighted by molar-refractivity contribution is 5.81. The Bertz CT molecular complexity index is 584. The molecule has 0 fully saturated rings. The van der Waals surface area contributed by atoms with Gasteiger partial charge in [-0.05, 0) is 0 Å². The molecule has 0 saturated heterocycles. The number of aliphatic imine (C=N–C) groups is 2. The summed E-state index contributed by atoms with van der Waals surface area (Å²) in [4.78, 5) is 22.1. The number of hydrogen-bond acceptors (Lipinski definition) is 5. The van der Waals surface area contributed by atoms with Gasteiger partial charge in [0, 0.05) is 0 Å². The number of nitrogens with one attached hydrogen (secondary N) is 1. The molecule has 17 heavy (non-hydrogen) atoms. The van der Waals surface area contributed by atoms with Crippen LogP contribution < -0.4 is 22.9 Å². The molecule has 2 aromatic rings. The van der Waals surface area contributed by atoms with Gasteiger partial charge >= 0.3 is 0 Å². The first-order valence-corrected chi connectivity index (χ1v) is 4.46. The molecule has 10 heteroatoms. The smallest absolute Gasteiger partial charge is 0.254 e. The van der Waals surface area contributed by atoms with Crippen molar-refractivity contribution in [1.29, 1.82) is 0 Å². The van der Waals surface area contributed by atoms with E-state index in [1.54, 1.807) is 0 Å². The van der Waals surface area contributed by atoms with Crippen molar-refractivity contribution >= 4 is 35.0 Å². The van der Waals surface area contributed by atoms with Crippen molar-refractivity contribution in [2.45, 2.75) is 0 Å². The molecule has 0 aromatic carbocycles. The second kappa shape index (κ2) is 3.92. The lowest BCUT2D eigenvalue weighted by Gasteiger charge is -1.91. The molecule has 0 aliphatic carbocycles. The van der Waals surface area contributed by atoms with E-state index in [4.69, 9.17) is 22.9 Å². The maximum absolute atomic E-state index is 5.22. The van der Waals surface area contributed by atoms with Crippen LogP contribution in [0.2, 0.25) is 0 Å². The Morgan fingerprint density at radius 1 is 1.06 bits per heavy atom. The fourth-order valence-corrected chi connectivity index (χ4v) is 1.13. The summed E-state index contributed by atoms with van der Waals surface area (Å²) in [6.45, 7) is 0. The second-order valence-corrected chi connectivity index (χ2v) is 3.04. The fourth-order valence-electron chi connectivity index (χ4n) is 1.13. The molecule has 9 N–H and O–H groups in total. The predicted octanol–water partition coefficient (Wildman–Crippen LogP) is -1.84. The normalized spacial score (nSPS) is 10.1. The van der Waals surface area contributed by atoms with Gasteiger partial charge in [0.1, 0.15) is 5.52 Å².